The molecule has 0 aliphatic carbocycles. The molecule has 154 valence electrons. The third-order valence-corrected chi connectivity index (χ3v) is 4.73. The Balaban J connectivity index is 1.79. The normalized spacial score (nSPS) is 15.4. The first-order chi connectivity index (χ1) is 13.7. The fraction of sp³-hybridized carbons (Fsp3) is 0.391. The Bertz CT molecular complexity index is 904. The van der Waals surface area contributed by atoms with Crippen molar-refractivity contribution in [3.05, 3.63) is 48.0 Å². The molecule has 0 bridgehead atoms. The van der Waals surface area contributed by atoms with Crippen molar-refractivity contribution in [1.82, 2.24) is 0 Å². The average Bonchev–Trinajstić information content (AvgIpc) is 2.76. The molecule has 1 aliphatic rings. The van der Waals surface area contributed by atoms with Crippen LogP contribution >= 0.6 is 0 Å². The van der Waals surface area contributed by atoms with Crippen LogP contribution in [0.3, 0.4) is 0 Å². The van der Waals surface area contributed by atoms with Crippen LogP contribution < -0.4 is 19.7 Å². The monoisotopic (exact) mass is 396 g/mol. The van der Waals surface area contributed by atoms with Crippen LogP contribution in [0.15, 0.2) is 42.5 Å². The van der Waals surface area contributed by atoms with Crippen molar-refractivity contribution in [2.75, 3.05) is 23.4 Å². The van der Waals surface area contributed by atoms with E-state index >= 15 is 0 Å². The van der Waals surface area contributed by atoms with Crippen LogP contribution in [0.5, 0.6) is 11.5 Å². The molecule has 0 saturated carbocycles. The number of carbonyl (C=O) groups is 2. The lowest BCUT2D eigenvalue weighted by Crippen LogP contribution is -2.42. The molecular formula is C23H28N2O4. The van der Waals surface area contributed by atoms with Gasteiger partial charge in [0, 0.05) is 23.9 Å². The van der Waals surface area contributed by atoms with Crippen molar-refractivity contribution in [2.45, 2.75) is 40.7 Å². The molecule has 1 heterocycles. The Morgan fingerprint density at radius 1 is 1.21 bits per heavy atom. The number of benzene rings is 2. The molecule has 29 heavy (non-hydrogen) atoms. The zero-order chi connectivity index (χ0) is 21.2. The highest BCUT2D eigenvalue weighted by atomic mass is 16.5. The zero-order valence-corrected chi connectivity index (χ0v) is 17.6. The minimum atomic E-state index is -0.613. The molecule has 0 atom stereocenters. The minimum absolute atomic E-state index is 0.0271. The van der Waals surface area contributed by atoms with Crippen LogP contribution in [-0.4, -0.2) is 31.1 Å². The summed E-state index contributed by atoms with van der Waals surface area (Å²) in [6.07, 6.45) is 0.0776. The van der Waals surface area contributed by atoms with Gasteiger partial charge in [-0.25, -0.2) is 0 Å². The van der Waals surface area contributed by atoms with Crippen LogP contribution in [0.4, 0.5) is 11.4 Å². The predicted octanol–water partition coefficient (Wildman–Crippen LogP) is 4.50. The third-order valence-electron chi connectivity index (χ3n) is 4.73. The summed E-state index contributed by atoms with van der Waals surface area (Å²) < 4.78 is 11.5. The first kappa shape index (κ1) is 20.7. The Morgan fingerprint density at radius 3 is 2.52 bits per heavy atom. The first-order valence-electron chi connectivity index (χ1n) is 9.88. The van der Waals surface area contributed by atoms with Gasteiger partial charge in [-0.15, -0.1) is 0 Å². The van der Waals surface area contributed by atoms with Gasteiger partial charge in [0.15, 0.2) is 0 Å². The second kappa shape index (κ2) is 8.15. The lowest BCUT2D eigenvalue weighted by Gasteiger charge is -2.26. The molecule has 0 fully saturated rings. The van der Waals surface area contributed by atoms with E-state index in [-0.39, 0.29) is 24.5 Å². The number of rotatable bonds is 5. The maximum absolute atomic E-state index is 12.8. The SMILES string of the molecule is CCN1C(=O)C(C)(C)COc2cc(NC(=O)c3ccc(OC(C)C)cc3)ccc21. The molecule has 0 unspecified atom stereocenters. The highest BCUT2D eigenvalue weighted by Gasteiger charge is 2.37. The minimum Gasteiger partial charge on any atom is -0.491 e. The topological polar surface area (TPSA) is 67.9 Å². The molecule has 6 nitrogen and oxygen atoms in total. The Labute approximate surface area is 171 Å². The average molecular weight is 396 g/mol. The molecule has 1 N–H and O–H groups in total. The van der Waals surface area contributed by atoms with Gasteiger partial charge in [0.25, 0.3) is 5.91 Å². The summed E-state index contributed by atoms with van der Waals surface area (Å²) in [7, 11) is 0. The molecule has 0 spiro atoms. The number of hydrogen-bond acceptors (Lipinski definition) is 4. The van der Waals surface area contributed by atoms with Gasteiger partial charge in [0.1, 0.15) is 18.1 Å². The van der Waals surface area contributed by atoms with Crippen LogP contribution in [0, 0.1) is 5.41 Å². The molecule has 2 aromatic carbocycles. The fourth-order valence-corrected chi connectivity index (χ4v) is 3.20. The van der Waals surface area contributed by atoms with Crippen molar-refractivity contribution in [2.24, 2.45) is 5.41 Å². The summed E-state index contributed by atoms with van der Waals surface area (Å²) in [5.41, 5.74) is 1.25. The number of nitrogens with zero attached hydrogens (tertiary/aromatic N) is 1. The molecule has 6 heteroatoms. The van der Waals surface area contributed by atoms with Crippen molar-refractivity contribution < 1.29 is 19.1 Å². The lowest BCUT2D eigenvalue weighted by atomic mass is 9.93. The van der Waals surface area contributed by atoms with E-state index in [4.69, 9.17) is 9.47 Å². The number of fused-ring (bicyclic) bond motifs is 1. The van der Waals surface area contributed by atoms with Gasteiger partial charge in [-0.05, 0) is 71.0 Å². The molecule has 2 amide bonds. The number of anilines is 2. The summed E-state index contributed by atoms with van der Waals surface area (Å²) in [6, 6.07) is 12.4. The van der Waals surface area contributed by atoms with E-state index in [1.54, 1.807) is 41.3 Å². The van der Waals surface area contributed by atoms with Gasteiger partial charge in [0.2, 0.25) is 5.91 Å². The van der Waals surface area contributed by atoms with Crippen molar-refractivity contribution in [3.63, 3.8) is 0 Å². The predicted molar refractivity (Wildman–Crippen MR) is 114 cm³/mol. The fourth-order valence-electron chi connectivity index (χ4n) is 3.20. The van der Waals surface area contributed by atoms with E-state index in [0.717, 1.165) is 11.4 Å². The maximum Gasteiger partial charge on any atom is 0.255 e. The number of amides is 2. The summed E-state index contributed by atoms with van der Waals surface area (Å²) >= 11 is 0. The number of ether oxygens (including phenoxy) is 2. The van der Waals surface area contributed by atoms with E-state index in [0.29, 0.717) is 23.5 Å². The van der Waals surface area contributed by atoms with Crippen molar-refractivity contribution >= 4 is 23.2 Å². The third kappa shape index (κ3) is 4.53. The smallest absolute Gasteiger partial charge is 0.255 e. The van der Waals surface area contributed by atoms with Gasteiger partial charge in [-0.2, -0.15) is 0 Å². The van der Waals surface area contributed by atoms with E-state index in [9.17, 15) is 9.59 Å². The van der Waals surface area contributed by atoms with Crippen LogP contribution in [0.1, 0.15) is 45.0 Å². The molecule has 3 rings (SSSR count). The van der Waals surface area contributed by atoms with Gasteiger partial charge in [-0.3, -0.25) is 9.59 Å². The molecule has 0 radical (unpaired) electrons. The zero-order valence-electron chi connectivity index (χ0n) is 17.6. The van der Waals surface area contributed by atoms with E-state index < -0.39 is 5.41 Å². The van der Waals surface area contributed by atoms with Gasteiger partial charge in [-0.1, -0.05) is 0 Å². The molecule has 1 aliphatic heterocycles. The summed E-state index contributed by atoms with van der Waals surface area (Å²) in [5, 5.41) is 2.89. The Hall–Kier alpha value is -3.02. The number of nitrogens with one attached hydrogen (secondary N) is 1. The highest BCUT2D eigenvalue weighted by Crippen LogP contribution is 2.38. The first-order valence-corrected chi connectivity index (χ1v) is 9.88. The number of hydrogen-bond donors (Lipinski definition) is 1. The largest absolute Gasteiger partial charge is 0.491 e. The second-order valence-corrected chi connectivity index (χ2v) is 8.05. The summed E-state index contributed by atoms with van der Waals surface area (Å²) in [5.74, 6) is 1.11. The quantitative estimate of drug-likeness (QED) is 0.808. The van der Waals surface area contributed by atoms with E-state index in [2.05, 4.69) is 5.32 Å². The molecule has 2 aromatic rings. The summed E-state index contributed by atoms with van der Waals surface area (Å²) in [4.78, 5) is 27.1. The van der Waals surface area contributed by atoms with Crippen molar-refractivity contribution in [3.8, 4) is 11.5 Å². The van der Waals surface area contributed by atoms with E-state index in [1.165, 1.54) is 0 Å². The van der Waals surface area contributed by atoms with Gasteiger partial charge >= 0.3 is 0 Å². The number of carbonyl (C=O) groups excluding carboxylic acids is 2. The second-order valence-electron chi connectivity index (χ2n) is 8.05. The van der Waals surface area contributed by atoms with Gasteiger partial charge in [0.05, 0.1) is 17.2 Å². The Kier molecular flexibility index (Phi) is 5.82. The highest BCUT2D eigenvalue weighted by molar-refractivity contribution is 6.05. The van der Waals surface area contributed by atoms with Crippen molar-refractivity contribution in [1.29, 1.82) is 0 Å². The standard InChI is InChI=1S/C23H28N2O4/c1-6-25-19-12-9-17(13-20(19)28-14-23(4,5)22(25)27)24-21(26)16-7-10-18(11-8-16)29-15(2)3/h7-13,15H,6,14H2,1-5H3,(H,24,26). The molecule has 0 saturated heterocycles. The van der Waals surface area contributed by atoms with E-state index in [1.807, 2.05) is 40.7 Å². The van der Waals surface area contributed by atoms with Crippen LogP contribution in [-0.2, 0) is 4.79 Å². The Morgan fingerprint density at radius 2 is 1.90 bits per heavy atom. The van der Waals surface area contributed by atoms with Crippen LogP contribution in [0.25, 0.3) is 0 Å². The summed E-state index contributed by atoms with van der Waals surface area (Å²) in [6.45, 7) is 10.4. The van der Waals surface area contributed by atoms with Crippen LogP contribution in [0.2, 0.25) is 0 Å². The molecule has 0 aromatic heterocycles. The maximum atomic E-state index is 12.8. The van der Waals surface area contributed by atoms with Gasteiger partial charge < -0.3 is 19.7 Å². The lowest BCUT2D eigenvalue weighted by molar-refractivity contribution is -0.127. The molecular weight excluding hydrogens is 368 g/mol.